The maximum atomic E-state index is 13.0. The molecule has 1 atom stereocenters. The number of benzene rings is 1. The average Bonchev–Trinajstić information content (AvgIpc) is 3.19. The van der Waals surface area contributed by atoms with Crippen molar-refractivity contribution in [3.05, 3.63) is 44.6 Å². The molecule has 25 heavy (non-hydrogen) atoms. The molecule has 0 bridgehead atoms. The van der Waals surface area contributed by atoms with Crippen molar-refractivity contribution in [2.45, 2.75) is 38.1 Å². The van der Waals surface area contributed by atoms with Gasteiger partial charge >= 0.3 is 0 Å². The van der Waals surface area contributed by atoms with E-state index in [1.807, 2.05) is 17.0 Å². The third-order valence-corrected chi connectivity index (χ3v) is 6.77. The molecule has 7 heteroatoms. The summed E-state index contributed by atoms with van der Waals surface area (Å²) in [5.74, 6) is 0.932. The second-order valence-electron chi connectivity index (χ2n) is 6.78. The predicted molar refractivity (Wildman–Crippen MR) is 98.3 cm³/mol. The largest absolute Gasteiger partial charge is 0.334 e. The number of fused-ring (bicyclic) bond motifs is 2. The summed E-state index contributed by atoms with van der Waals surface area (Å²) in [7, 11) is 0. The Balaban J connectivity index is 1.47. The average molecular weight is 373 g/mol. The number of rotatable bonds is 2. The van der Waals surface area contributed by atoms with Crippen LogP contribution in [0.25, 0.3) is 11.0 Å². The van der Waals surface area contributed by atoms with Gasteiger partial charge in [-0.2, -0.15) is 0 Å². The van der Waals surface area contributed by atoms with E-state index in [1.165, 1.54) is 28.4 Å². The van der Waals surface area contributed by atoms with Gasteiger partial charge in [0.2, 0.25) is 0 Å². The first-order chi connectivity index (χ1) is 12.1. The highest BCUT2D eigenvalue weighted by molar-refractivity contribution is 7.12. The van der Waals surface area contributed by atoms with E-state index in [0.717, 1.165) is 11.9 Å². The van der Waals surface area contributed by atoms with Crippen molar-refractivity contribution >= 4 is 39.9 Å². The number of nitrogens with one attached hydrogen (secondary N) is 1. The van der Waals surface area contributed by atoms with Crippen LogP contribution in [0.5, 0.6) is 0 Å². The SMILES string of the molecule is C[C@@H]1c2sc(C3CC3)nc2CCN1C(=O)c1nc2c(Cl)cccc2[nH]1. The van der Waals surface area contributed by atoms with Gasteiger partial charge in [-0.15, -0.1) is 11.3 Å². The van der Waals surface area contributed by atoms with Crippen molar-refractivity contribution in [1.82, 2.24) is 19.9 Å². The van der Waals surface area contributed by atoms with Crippen molar-refractivity contribution in [2.24, 2.45) is 0 Å². The molecule has 1 aliphatic heterocycles. The van der Waals surface area contributed by atoms with E-state index in [1.54, 1.807) is 17.4 Å². The number of thiazole rings is 1. The Morgan fingerprint density at radius 3 is 2.96 bits per heavy atom. The van der Waals surface area contributed by atoms with Crippen LogP contribution in [0.2, 0.25) is 5.02 Å². The third kappa shape index (κ3) is 2.47. The highest BCUT2D eigenvalue weighted by Gasteiger charge is 2.35. The summed E-state index contributed by atoms with van der Waals surface area (Å²) in [6.45, 7) is 2.76. The molecule has 3 aromatic rings. The van der Waals surface area contributed by atoms with E-state index in [4.69, 9.17) is 16.6 Å². The number of nitrogens with zero attached hydrogens (tertiary/aromatic N) is 3. The lowest BCUT2D eigenvalue weighted by Crippen LogP contribution is -2.38. The van der Waals surface area contributed by atoms with Gasteiger partial charge in [-0.3, -0.25) is 4.79 Å². The van der Waals surface area contributed by atoms with E-state index in [0.29, 0.717) is 28.8 Å². The number of amides is 1. The van der Waals surface area contributed by atoms with Crippen LogP contribution in [0.1, 0.15) is 57.9 Å². The first kappa shape index (κ1) is 15.3. The van der Waals surface area contributed by atoms with Crippen molar-refractivity contribution in [3.63, 3.8) is 0 Å². The minimum absolute atomic E-state index is 0.0323. The molecule has 0 radical (unpaired) electrons. The number of aromatic nitrogens is 3. The Labute approximate surface area is 154 Å². The van der Waals surface area contributed by atoms with Gasteiger partial charge in [0.1, 0.15) is 5.52 Å². The summed E-state index contributed by atoms with van der Waals surface area (Å²) in [5, 5.41) is 1.81. The second-order valence-corrected chi connectivity index (χ2v) is 8.25. The van der Waals surface area contributed by atoms with E-state index in [-0.39, 0.29) is 11.9 Å². The van der Waals surface area contributed by atoms with Gasteiger partial charge in [0.05, 0.1) is 32.2 Å². The van der Waals surface area contributed by atoms with Gasteiger partial charge < -0.3 is 9.88 Å². The minimum atomic E-state index is -0.0770. The molecular formula is C18H17ClN4OS. The number of carbonyl (C=O) groups excluding carboxylic acids is 1. The quantitative estimate of drug-likeness (QED) is 0.729. The normalized spacial score (nSPS) is 20.1. The molecule has 1 fully saturated rings. The van der Waals surface area contributed by atoms with Crippen LogP contribution in [0.15, 0.2) is 18.2 Å². The van der Waals surface area contributed by atoms with Crippen LogP contribution >= 0.6 is 22.9 Å². The van der Waals surface area contributed by atoms with Gasteiger partial charge in [0.15, 0.2) is 5.82 Å². The van der Waals surface area contributed by atoms with Crippen LogP contribution in [0, 0.1) is 0 Å². The summed E-state index contributed by atoms with van der Waals surface area (Å²) >= 11 is 7.96. The zero-order valence-corrected chi connectivity index (χ0v) is 15.3. The van der Waals surface area contributed by atoms with E-state index >= 15 is 0 Å². The monoisotopic (exact) mass is 372 g/mol. The third-order valence-electron chi connectivity index (χ3n) is 5.03. The molecule has 3 heterocycles. The molecule has 1 saturated carbocycles. The molecule has 5 rings (SSSR count). The number of para-hydroxylation sites is 1. The number of carbonyl (C=O) groups is 1. The lowest BCUT2D eigenvalue weighted by molar-refractivity contribution is 0.0669. The fourth-order valence-corrected chi connectivity index (χ4v) is 5.03. The molecule has 2 aliphatic rings. The van der Waals surface area contributed by atoms with Crippen LogP contribution in [0.3, 0.4) is 0 Å². The molecule has 1 N–H and O–H groups in total. The van der Waals surface area contributed by atoms with Crippen LogP contribution in [-0.4, -0.2) is 32.3 Å². The molecule has 5 nitrogen and oxygen atoms in total. The summed E-state index contributed by atoms with van der Waals surface area (Å²) in [5.41, 5.74) is 2.61. The topological polar surface area (TPSA) is 61.9 Å². The number of hydrogen-bond donors (Lipinski definition) is 1. The standard InChI is InChI=1S/C18H17ClN4OS/c1-9-15-13(21-17(25-15)10-5-6-10)7-8-23(9)18(24)16-20-12-4-2-3-11(19)14(12)22-16/h2-4,9-10H,5-8H2,1H3,(H,20,22)/t9-/m1/s1. The predicted octanol–water partition coefficient (Wildman–Crippen LogP) is 4.31. The zero-order valence-electron chi connectivity index (χ0n) is 13.8. The number of hydrogen-bond acceptors (Lipinski definition) is 4. The summed E-state index contributed by atoms with van der Waals surface area (Å²) in [6, 6.07) is 5.55. The summed E-state index contributed by atoms with van der Waals surface area (Å²) in [6.07, 6.45) is 3.32. The highest BCUT2D eigenvalue weighted by atomic mass is 35.5. The number of H-pyrrole nitrogens is 1. The van der Waals surface area contributed by atoms with E-state index < -0.39 is 0 Å². The maximum Gasteiger partial charge on any atom is 0.290 e. The lowest BCUT2D eigenvalue weighted by atomic mass is 10.1. The van der Waals surface area contributed by atoms with Crippen molar-refractivity contribution in [3.8, 4) is 0 Å². The molecule has 2 aromatic heterocycles. The van der Waals surface area contributed by atoms with Crippen LogP contribution < -0.4 is 0 Å². The molecule has 128 valence electrons. The smallest absolute Gasteiger partial charge is 0.290 e. The fraction of sp³-hybridized carbons (Fsp3) is 0.389. The van der Waals surface area contributed by atoms with Gasteiger partial charge in [0.25, 0.3) is 5.91 Å². The van der Waals surface area contributed by atoms with Gasteiger partial charge in [-0.25, -0.2) is 9.97 Å². The Hall–Kier alpha value is -1.92. The van der Waals surface area contributed by atoms with Crippen LogP contribution in [0.4, 0.5) is 0 Å². The molecule has 0 unspecified atom stereocenters. The highest BCUT2D eigenvalue weighted by Crippen LogP contribution is 2.45. The fourth-order valence-electron chi connectivity index (χ4n) is 3.47. The summed E-state index contributed by atoms with van der Waals surface area (Å²) < 4.78 is 0. The van der Waals surface area contributed by atoms with Gasteiger partial charge in [-0.1, -0.05) is 17.7 Å². The van der Waals surface area contributed by atoms with Crippen molar-refractivity contribution in [2.75, 3.05) is 6.54 Å². The molecule has 0 spiro atoms. The Bertz CT molecular complexity index is 990. The molecular weight excluding hydrogens is 356 g/mol. The summed E-state index contributed by atoms with van der Waals surface area (Å²) in [4.78, 5) is 28.5. The van der Waals surface area contributed by atoms with Crippen molar-refractivity contribution < 1.29 is 4.79 Å². The first-order valence-corrected chi connectivity index (χ1v) is 9.76. The zero-order chi connectivity index (χ0) is 17.1. The molecule has 0 saturated heterocycles. The minimum Gasteiger partial charge on any atom is -0.334 e. The second kappa shape index (κ2) is 5.54. The molecule has 1 aromatic carbocycles. The molecule has 1 amide bonds. The lowest BCUT2D eigenvalue weighted by Gasteiger charge is -2.32. The molecule has 1 aliphatic carbocycles. The number of aromatic amines is 1. The maximum absolute atomic E-state index is 13.0. The Morgan fingerprint density at radius 1 is 1.36 bits per heavy atom. The van der Waals surface area contributed by atoms with E-state index in [2.05, 4.69) is 16.9 Å². The van der Waals surface area contributed by atoms with E-state index in [9.17, 15) is 4.79 Å². The Kier molecular flexibility index (Phi) is 3.40. The number of imidazole rings is 1. The number of halogens is 1. The first-order valence-electron chi connectivity index (χ1n) is 8.56. The Morgan fingerprint density at radius 2 is 2.20 bits per heavy atom. The van der Waals surface area contributed by atoms with Gasteiger partial charge in [-0.05, 0) is 31.9 Å². The van der Waals surface area contributed by atoms with Gasteiger partial charge in [0, 0.05) is 18.9 Å². The van der Waals surface area contributed by atoms with Crippen LogP contribution in [-0.2, 0) is 6.42 Å². The van der Waals surface area contributed by atoms with Crippen molar-refractivity contribution in [1.29, 1.82) is 0 Å².